The molecule has 0 aliphatic carbocycles. The van der Waals surface area contributed by atoms with Gasteiger partial charge in [0.25, 0.3) is 0 Å². The summed E-state index contributed by atoms with van der Waals surface area (Å²) in [6, 6.07) is 0. The number of allylic oxidation sites excluding steroid dienone is 6. The van der Waals surface area contributed by atoms with Crippen LogP contribution in [-0.4, -0.2) is 37.9 Å². The molecule has 5 heteroatoms. The minimum atomic E-state index is -0.538. The molecule has 5 nitrogen and oxygen atoms in total. The zero-order valence-corrected chi connectivity index (χ0v) is 37.7. The van der Waals surface area contributed by atoms with Crippen molar-refractivity contribution in [1.82, 2.24) is 0 Å². The standard InChI is InChI=1S/C51H94O5/c1-4-7-10-13-16-19-22-24-25-26-28-31-34-37-40-43-46-54-47-49(56-51(53)45-42-39-36-33-29-21-18-15-12-9-6-3)48-55-50(52)44-41-38-35-32-30-27-23-20-17-14-11-8-5-2/h11,14,20,23-25,49H,4-10,12-13,15-19,21-22,26-48H2,1-3H3/b14-11-,23-20-,25-24-. The van der Waals surface area contributed by atoms with Gasteiger partial charge in [0, 0.05) is 19.4 Å². The highest BCUT2D eigenvalue weighted by atomic mass is 16.6. The fourth-order valence-corrected chi connectivity index (χ4v) is 6.95. The molecule has 0 bridgehead atoms. The van der Waals surface area contributed by atoms with E-state index in [9.17, 15) is 9.59 Å². The highest BCUT2D eigenvalue weighted by Crippen LogP contribution is 2.14. The molecule has 1 unspecified atom stereocenters. The van der Waals surface area contributed by atoms with Crippen LogP contribution in [0.2, 0.25) is 0 Å². The predicted octanol–water partition coefficient (Wildman–Crippen LogP) is 16.2. The number of esters is 2. The van der Waals surface area contributed by atoms with Gasteiger partial charge in [0.1, 0.15) is 6.61 Å². The second kappa shape index (κ2) is 47.5. The highest BCUT2D eigenvalue weighted by molar-refractivity contribution is 5.70. The van der Waals surface area contributed by atoms with Gasteiger partial charge < -0.3 is 14.2 Å². The van der Waals surface area contributed by atoms with E-state index in [-0.39, 0.29) is 25.2 Å². The van der Waals surface area contributed by atoms with E-state index in [1.165, 1.54) is 161 Å². The van der Waals surface area contributed by atoms with Gasteiger partial charge in [-0.3, -0.25) is 9.59 Å². The van der Waals surface area contributed by atoms with Crippen LogP contribution in [-0.2, 0) is 23.8 Å². The first-order valence-corrected chi connectivity index (χ1v) is 24.5. The number of hydrogen-bond donors (Lipinski definition) is 0. The monoisotopic (exact) mass is 787 g/mol. The Morgan fingerprint density at radius 1 is 0.393 bits per heavy atom. The maximum Gasteiger partial charge on any atom is 0.306 e. The van der Waals surface area contributed by atoms with E-state index < -0.39 is 6.10 Å². The second-order valence-corrected chi connectivity index (χ2v) is 16.4. The first kappa shape index (κ1) is 54.1. The normalized spacial score (nSPS) is 12.4. The van der Waals surface area contributed by atoms with Gasteiger partial charge in [0.2, 0.25) is 0 Å². The molecule has 0 spiro atoms. The molecule has 0 aliphatic rings. The van der Waals surface area contributed by atoms with E-state index in [1.807, 2.05) is 0 Å². The molecule has 0 radical (unpaired) electrons. The number of rotatable bonds is 45. The number of unbranched alkanes of at least 4 members (excludes halogenated alkanes) is 28. The van der Waals surface area contributed by atoms with Crippen molar-refractivity contribution in [3.8, 4) is 0 Å². The first-order chi connectivity index (χ1) is 27.6. The Labute approximate surface area is 349 Å². The molecule has 56 heavy (non-hydrogen) atoms. The van der Waals surface area contributed by atoms with Crippen LogP contribution >= 0.6 is 0 Å². The van der Waals surface area contributed by atoms with Crippen molar-refractivity contribution in [1.29, 1.82) is 0 Å². The summed E-state index contributed by atoms with van der Waals surface area (Å²) >= 11 is 0. The number of ether oxygens (including phenoxy) is 3. The molecule has 0 saturated carbocycles. The van der Waals surface area contributed by atoms with Gasteiger partial charge in [0.15, 0.2) is 6.10 Å². The molecule has 0 saturated heterocycles. The Bertz CT molecular complexity index is 893. The van der Waals surface area contributed by atoms with E-state index in [4.69, 9.17) is 14.2 Å². The lowest BCUT2D eigenvalue weighted by atomic mass is 10.1. The van der Waals surface area contributed by atoms with Crippen LogP contribution in [0.4, 0.5) is 0 Å². The van der Waals surface area contributed by atoms with Crippen LogP contribution in [0.1, 0.15) is 252 Å². The third kappa shape index (κ3) is 44.8. The number of carbonyl (C=O) groups is 2. The zero-order chi connectivity index (χ0) is 40.7. The minimum Gasteiger partial charge on any atom is -0.462 e. The van der Waals surface area contributed by atoms with Crippen molar-refractivity contribution >= 4 is 11.9 Å². The third-order valence-corrected chi connectivity index (χ3v) is 10.6. The van der Waals surface area contributed by atoms with Gasteiger partial charge in [-0.05, 0) is 70.6 Å². The summed E-state index contributed by atoms with van der Waals surface area (Å²) in [5.74, 6) is -0.408. The average molecular weight is 787 g/mol. The average Bonchev–Trinajstić information content (AvgIpc) is 3.20. The van der Waals surface area contributed by atoms with Gasteiger partial charge >= 0.3 is 11.9 Å². The molecule has 0 aromatic rings. The van der Waals surface area contributed by atoms with E-state index in [2.05, 4.69) is 57.2 Å². The van der Waals surface area contributed by atoms with Gasteiger partial charge in [-0.25, -0.2) is 0 Å². The third-order valence-electron chi connectivity index (χ3n) is 10.6. The van der Waals surface area contributed by atoms with Crippen molar-refractivity contribution in [3.05, 3.63) is 36.5 Å². The Morgan fingerprint density at radius 3 is 1.27 bits per heavy atom. The van der Waals surface area contributed by atoms with Crippen molar-refractivity contribution < 1.29 is 23.8 Å². The summed E-state index contributed by atoms with van der Waals surface area (Å²) in [6.07, 6.45) is 55.7. The molecule has 0 fully saturated rings. The molecule has 0 heterocycles. The molecule has 0 N–H and O–H groups in total. The zero-order valence-electron chi connectivity index (χ0n) is 37.7. The van der Waals surface area contributed by atoms with Gasteiger partial charge in [-0.15, -0.1) is 0 Å². The Hall–Kier alpha value is -1.88. The van der Waals surface area contributed by atoms with Crippen molar-refractivity contribution in [2.45, 2.75) is 258 Å². The van der Waals surface area contributed by atoms with E-state index in [0.717, 1.165) is 57.8 Å². The lowest BCUT2D eigenvalue weighted by Crippen LogP contribution is -2.30. The van der Waals surface area contributed by atoms with E-state index in [0.29, 0.717) is 19.4 Å². The van der Waals surface area contributed by atoms with Gasteiger partial charge in [-0.2, -0.15) is 0 Å². The summed E-state index contributed by atoms with van der Waals surface area (Å²) < 4.78 is 17.3. The molecule has 1 atom stereocenters. The van der Waals surface area contributed by atoms with Crippen molar-refractivity contribution in [2.24, 2.45) is 0 Å². The fraction of sp³-hybridized carbons (Fsp3) is 0.843. The summed E-state index contributed by atoms with van der Waals surface area (Å²) in [6.45, 7) is 7.75. The largest absolute Gasteiger partial charge is 0.462 e. The van der Waals surface area contributed by atoms with Gasteiger partial charge in [0.05, 0.1) is 6.61 Å². The predicted molar refractivity (Wildman–Crippen MR) is 242 cm³/mol. The smallest absolute Gasteiger partial charge is 0.306 e. The van der Waals surface area contributed by atoms with Gasteiger partial charge in [-0.1, -0.05) is 205 Å². The lowest BCUT2D eigenvalue weighted by Gasteiger charge is -2.18. The molecular weight excluding hydrogens is 693 g/mol. The van der Waals surface area contributed by atoms with Crippen LogP contribution in [0, 0.1) is 0 Å². The summed E-state index contributed by atoms with van der Waals surface area (Å²) in [7, 11) is 0. The second-order valence-electron chi connectivity index (χ2n) is 16.4. The quantitative estimate of drug-likeness (QED) is 0.0349. The maximum atomic E-state index is 12.7. The highest BCUT2D eigenvalue weighted by Gasteiger charge is 2.17. The Morgan fingerprint density at radius 2 is 0.786 bits per heavy atom. The maximum absolute atomic E-state index is 12.7. The summed E-state index contributed by atoms with van der Waals surface area (Å²) in [5, 5.41) is 0. The number of hydrogen-bond acceptors (Lipinski definition) is 5. The SMILES string of the molecule is CCC/C=C\C/C=C\CCCCCCCC(=O)OCC(COCCCCCCCC/C=C\CCCCCCCC)OC(=O)CCCCCCCCCCCCC. The first-order valence-electron chi connectivity index (χ1n) is 24.5. The topological polar surface area (TPSA) is 61.8 Å². The van der Waals surface area contributed by atoms with E-state index in [1.54, 1.807) is 0 Å². The van der Waals surface area contributed by atoms with Crippen molar-refractivity contribution in [3.63, 3.8) is 0 Å². The molecular formula is C51H94O5. The van der Waals surface area contributed by atoms with Crippen LogP contribution in [0.15, 0.2) is 36.5 Å². The Kier molecular flexibility index (Phi) is 45.9. The van der Waals surface area contributed by atoms with Crippen LogP contribution in [0.5, 0.6) is 0 Å². The molecule has 0 aromatic carbocycles. The molecule has 328 valence electrons. The van der Waals surface area contributed by atoms with Crippen molar-refractivity contribution in [2.75, 3.05) is 19.8 Å². The van der Waals surface area contributed by atoms with Crippen LogP contribution in [0.25, 0.3) is 0 Å². The van der Waals surface area contributed by atoms with Crippen LogP contribution in [0.3, 0.4) is 0 Å². The number of carbonyl (C=O) groups excluding carboxylic acids is 2. The molecule has 0 amide bonds. The fourth-order valence-electron chi connectivity index (χ4n) is 6.95. The summed E-state index contributed by atoms with van der Waals surface area (Å²) in [5.41, 5.74) is 0. The molecule has 0 aromatic heterocycles. The van der Waals surface area contributed by atoms with Crippen LogP contribution < -0.4 is 0 Å². The van der Waals surface area contributed by atoms with E-state index >= 15 is 0 Å². The molecule has 0 aliphatic heterocycles. The molecule has 0 rings (SSSR count). The summed E-state index contributed by atoms with van der Waals surface area (Å²) in [4.78, 5) is 25.3. The minimum absolute atomic E-state index is 0.0796. The lowest BCUT2D eigenvalue weighted by molar-refractivity contribution is -0.163. The Balaban J connectivity index is 4.24.